The lowest BCUT2D eigenvalue weighted by Crippen LogP contribution is -1.88. The second kappa shape index (κ2) is 2.41. The van der Waals surface area contributed by atoms with E-state index in [2.05, 4.69) is 15.2 Å². The van der Waals surface area contributed by atoms with E-state index >= 15 is 0 Å². The van der Waals surface area contributed by atoms with Crippen LogP contribution in [0.25, 0.3) is 11.0 Å². The largest absolute Gasteiger partial charge is 0.478 e. The van der Waals surface area contributed by atoms with Gasteiger partial charge in [0.05, 0.1) is 5.52 Å². The highest BCUT2D eigenvalue weighted by Crippen LogP contribution is 2.11. The van der Waals surface area contributed by atoms with Gasteiger partial charge in [0.25, 0.3) is 0 Å². The van der Waals surface area contributed by atoms with Gasteiger partial charge in [0.2, 0.25) is 0 Å². The fourth-order valence-electron chi connectivity index (χ4n) is 1.04. The van der Waals surface area contributed by atoms with E-state index < -0.39 is 0 Å². The van der Waals surface area contributed by atoms with Crippen molar-refractivity contribution in [1.82, 2.24) is 15.2 Å². The van der Waals surface area contributed by atoms with Gasteiger partial charge in [-0.3, -0.25) is 0 Å². The summed E-state index contributed by atoms with van der Waals surface area (Å²) < 4.78 is 0. The van der Waals surface area contributed by atoms with Crippen molar-refractivity contribution in [3.8, 4) is 6.01 Å². The third-order valence-corrected chi connectivity index (χ3v) is 1.60. The molecule has 0 saturated heterocycles. The molecule has 4 heteroatoms. The molecule has 1 aromatic heterocycles. The summed E-state index contributed by atoms with van der Waals surface area (Å²) in [6.07, 6.45) is 0. The Morgan fingerprint density at radius 1 is 1.17 bits per heavy atom. The molecule has 2 aromatic rings. The van der Waals surface area contributed by atoms with Gasteiger partial charge in [-0.1, -0.05) is 11.2 Å². The highest BCUT2D eigenvalue weighted by atomic mass is 16.3. The van der Waals surface area contributed by atoms with E-state index in [9.17, 15) is 0 Å². The van der Waals surface area contributed by atoms with Crippen LogP contribution < -0.4 is 0 Å². The first-order chi connectivity index (χ1) is 5.75. The molecule has 0 atom stereocenters. The first-order valence-corrected chi connectivity index (χ1v) is 3.56. The van der Waals surface area contributed by atoms with Crippen molar-refractivity contribution in [2.75, 3.05) is 0 Å². The number of fused-ring (bicyclic) bond motifs is 1. The van der Waals surface area contributed by atoms with Gasteiger partial charge in [0, 0.05) is 0 Å². The van der Waals surface area contributed by atoms with Crippen molar-refractivity contribution in [3.05, 3.63) is 23.8 Å². The molecule has 1 aromatic carbocycles. The lowest BCUT2D eigenvalue weighted by atomic mass is 10.2. The van der Waals surface area contributed by atoms with Crippen LogP contribution in [0.15, 0.2) is 18.2 Å². The normalized spacial score (nSPS) is 10.4. The summed E-state index contributed by atoms with van der Waals surface area (Å²) in [4.78, 5) is 3.80. The molecule has 0 amide bonds. The van der Waals surface area contributed by atoms with Crippen LogP contribution >= 0.6 is 0 Å². The molecule has 60 valence electrons. The minimum absolute atomic E-state index is 0.286. The fraction of sp³-hybridized carbons (Fsp3) is 0.125. The maximum Gasteiger partial charge on any atom is 0.333 e. The Bertz CT molecular complexity index is 386. The first-order valence-electron chi connectivity index (χ1n) is 3.56. The topological polar surface area (TPSA) is 58.9 Å². The number of rotatable bonds is 0. The molecule has 0 unspecified atom stereocenters. The number of aromatic nitrogens is 3. The van der Waals surface area contributed by atoms with Crippen molar-refractivity contribution >= 4 is 11.0 Å². The van der Waals surface area contributed by atoms with Gasteiger partial charge in [-0.15, -0.1) is 5.10 Å². The van der Waals surface area contributed by atoms with Gasteiger partial charge >= 0.3 is 6.01 Å². The molecule has 0 aliphatic rings. The minimum atomic E-state index is -0.286. The number of hydrogen-bond donors (Lipinski definition) is 1. The average molecular weight is 161 g/mol. The highest BCUT2D eigenvalue weighted by molar-refractivity contribution is 5.74. The molecular formula is C8H7N3O. The zero-order valence-corrected chi connectivity index (χ0v) is 6.52. The number of benzene rings is 1. The SMILES string of the molecule is Cc1ccc2nc(O)nnc2c1. The molecule has 4 nitrogen and oxygen atoms in total. The maximum absolute atomic E-state index is 8.91. The molecule has 2 rings (SSSR count). The molecule has 0 radical (unpaired) electrons. The van der Waals surface area contributed by atoms with Crippen LogP contribution in [0.2, 0.25) is 0 Å². The van der Waals surface area contributed by atoms with Crippen molar-refractivity contribution in [3.63, 3.8) is 0 Å². The van der Waals surface area contributed by atoms with E-state index in [1.54, 1.807) is 6.07 Å². The van der Waals surface area contributed by atoms with Crippen molar-refractivity contribution in [2.45, 2.75) is 6.92 Å². The third-order valence-electron chi connectivity index (χ3n) is 1.60. The molecule has 12 heavy (non-hydrogen) atoms. The van der Waals surface area contributed by atoms with Gasteiger partial charge in [0.1, 0.15) is 5.52 Å². The Hall–Kier alpha value is -1.71. The Kier molecular flexibility index (Phi) is 1.40. The molecule has 0 saturated carbocycles. The van der Waals surface area contributed by atoms with E-state index in [1.165, 1.54) is 0 Å². The lowest BCUT2D eigenvalue weighted by molar-refractivity contribution is 0.425. The zero-order chi connectivity index (χ0) is 8.55. The van der Waals surface area contributed by atoms with E-state index in [0.29, 0.717) is 11.0 Å². The minimum Gasteiger partial charge on any atom is -0.478 e. The molecule has 0 aliphatic heterocycles. The summed E-state index contributed by atoms with van der Waals surface area (Å²) in [6.45, 7) is 1.97. The van der Waals surface area contributed by atoms with Crippen molar-refractivity contribution in [1.29, 1.82) is 0 Å². The maximum atomic E-state index is 8.91. The van der Waals surface area contributed by atoms with Crippen LogP contribution in [0.4, 0.5) is 0 Å². The van der Waals surface area contributed by atoms with Gasteiger partial charge in [-0.05, 0) is 24.6 Å². The van der Waals surface area contributed by atoms with E-state index in [1.807, 2.05) is 19.1 Å². The van der Waals surface area contributed by atoms with Gasteiger partial charge in [-0.2, -0.15) is 4.98 Å². The van der Waals surface area contributed by atoms with Crippen LogP contribution in [-0.2, 0) is 0 Å². The van der Waals surface area contributed by atoms with Crippen molar-refractivity contribution in [2.24, 2.45) is 0 Å². The summed E-state index contributed by atoms with van der Waals surface area (Å²) in [5, 5.41) is 16.1. The smallest absolute Gasteiger partial charge is 0.333 e. The average Bonchev–Trinajstić information content (AvgIpc) is 2.05. The van der Waals surface area contributed by atoms with Crippen LogP contribution in [-0.4, -0.2) is 20.3 Å². The Morgan fingerprint density at radius 2 is 2.00 bits per heavy atom. The molecule has 0 spiro atoms. The quantitative estimate of drug-likeness (QED) is 0.627. The number of aryl methyl sites for hydroxylation is 1. The molecule has 0 fully saturated rings. The summed E-state index contributed by atoms with van der Waals surface area (Å²) >= 11 is 0. The van der Waals surface area contributed by atoms with Crippen LogP contribution in [0.3, 0.4) is 0 Å². The van der Waals surface area contributed by atoms with Crippen LogP contribution in [0, 0.1) is 6.92 Å². The Labute approximate surface area is 68.9 Å². The molecule has 1 N–H and O–H groups in total. The second-order valence-electron chi connectivity index (χ2n) is 2.60. The molecule has 0 aliphatic carbocycles. The van der Waals surface area contributed by atoms with E-state index in [-0.39, 0.29) is 6.01 Å². The second-order valence-corrected chi connectivity index (χ2v) is 2.60. The molecular weight excluding hydrogens is 154 g/mol. The summed E-state index contributed by atoms with van der Waals surface area (Å²) in [5.74, 6) is 0. The lowest BCUT2D eigenvalue weighted by Gasteiger charge is -1.95. The van der Waals surface area contributed by atoms with Crippen LogP contribution in [0.5, 0.6) is 6.01 Å². The summed E-state index contributed by atoms with van der Waals surface area (Å²) in [7, 11) is 0. The number of nitrogens with zero attached hydrogens (tertiary/aromatic N) is 3. The molecule has 0 bridgehead atoms. The molecule has 1 heterocycles. The highest BCUT2D eigenvalue weighted by Gasteiger charge is 1.98. The first kappa shape index (κ1) is 6.97. The van der Waals surface area contributed by atoms with Gasteiger partial charge in [0.15, 0.2) is 0 Å². The number of aromatic hydroxyl groups is 1. The zero-order valence-electron chi connectivity index (χ0n) is 6.52. The predicted molar refractivity (Wildman–Crippen MR) is 43.7 cm³/mol. The van der Waals surface area contributed by atoms with Gasteiger partial charge in [-0.25, -0.2) is 0 Å². The van der Waals surface area contributed by atoms with E-state index in [4.69, 9.17) is 5.11 Å². The number of hydrogen-bond acceptors (Lipinski definition) is 4. The van der Waals surface area contributed by atoms with Crippen LogP contribution in [0.1, 0.15) is 5.56 Å². The van der Waals surface area contributed by atoms with Crippen molar-refractivity contribution < 1.29 is 5.11 Å². The summed E-state index contributed by atoms with van der Waals surface area (Å²) in [6, 6.07) is 5.30. The monoisotopic (exact) mass is 161 g/mol. The summed E-state index contributed by atoms with van der Waals surface area (Å²) in [5.41, 5.74) is 2.46. The Balaban J connectivity index is 2.79. The predicted octanol–water partition coefficient (Wildman–Crippen LogP) is 1.04. The Morgan fingerprint density at radius 3 is 2.83 bits per heavy atom. The standard InChI is InChI=1S/C8H7N3O/c1-5-2-3-6-7(4-5)10-11-8(12)9-6/h2-4H,1H3,(H,9,11,12). The van der Waals surface area contributed by atoms with E-state index in [0.717, 1.165) is 5.56 Å². The fourth-order valence-corrected chi connectivity index (χ4v) is 1.04. The third kappa shape index (κ3) is 1.07. The van der Waals surface area contributed by atoms with Gasteiger partial charge < -0.3 is 5.11 Å².